The summed E-state index contributed by atoms with van der Waals surface area (Å²) in [6, 6.07) is 0. The molecule has 1 aliphatic carbocycles. The van der Waals surface area contributed by atoms with Crippen LogP contribution in [0.4, 0.5) is 0 Å². The summed E-state index contributed by atoms with van der Waals surface area (Å²) in [5.74, 6) is 0.662. The van der Waals surface area contributed by atoms with E-state index in [1.54, 1.807) is 0 Å². The average molecular weight is 221 g/mol. The molecular formula is C14H23NO. The maximum Gasteiger partial charge on any atom is 0.0642 e. The fourth-order valence-electron chi connectivity index (χ4n) is 2.43. The van der Waals surface area contributed by atoms with E-state index >= 15 is 0 Å². The van der Waals surface area contributed by atoms with Crippen LogP contribution in [0.15, 0.2) is 23.9 Å². The zero-order valence-electron chi connectivity index (χ0n) is 10.7. The lowest BCUT2D eigenvalue weighted by Gasteiger charge is -2.29. The Morgan fingerprint density at radius 2 is 2.06 bits per heavy atom. The Kier molecular flexibility index (Phi) is 3.38. The minimum absolute atomic E-state index is 0.336. The number of morpholine rings is 1. The van der Waals surface area contributed by atoms with E-state index in [1.165, 1.54) is 12.0 Å². The van der Waals surface area contributed by atoms with Crippen molar-refractivity contribution in [1.29, 1.82) is 0 Å². The maximum atomic E-state index is 5.34. The monoisotopic (exact) mass is 221 g/mol. The largest absolute Gasteiger partial charge is 0.378 e. The van der Waals surface area contributed by atoms with Gasteiger partial charge in [0.25, 0.3) is 0 Å². The molecule has 0 amide bonds. The molecule has 0 bridgehead atoms. The highest BCUT2D eigenvalue weighted by molar-refractivity contribution is 5.21. The summed E-state index contributed by atoms with van der Waals surface area (Å²) in [6.45, 7) is 10.8. The Labute approximate surface area is 99.0 Å². The van der Waals surface area contributed by atoms with Crippen molar-refractivity contribution >= 4 is 0 Å². The van der Waals surface area contributed by atoms with Gasteiger partial charge in [0.1, 0.15) is 0 Å². The van der Waals surface area contributed by atoms with Gasteiger partial charge in [-0.1, -0.05) is 31.6 Å². The number of rotatable bonds is 2. The lowest BCUT2D eigenvalue weighted by Crippen LogP contribution is -2.32. The summed E-state index contributed by atoms with van der Waals surface area (Å²) >= 11 is 0. The Hall–Kier alpha value is -0.760. The van der Waals surface area contributed by atoms with E-state index in [0.29, 0.717) is 11.3 Å². The minimum Gasteiger partial charge on any atom is -0.378 e. The quantitative estimate of drug-likeness (QED) is 0.665. The third-order valence-corrected chi connectivity index (χ3v) is 4.20. The summed E-state index contributed by atoms with van der Waals surface area (Å²) in [4.78, 5) is 2.37. The molecule has 0 aromatic rings. The van der Waals surface area contributed by atoms with Gasteiger partial charge < -0.3 is 9.64 Å². The van der Waals surface area contributed by atoms with Crippen LogP contribution in [0.2, 0.25) is 0 Å². The third-order valence-electron chi connectivity index (χ3n) is 4.20. The second-order valence-electron chi connectivity index (χ2n) is 5.44. The van der Waals surface area contributed by atoms with Crippen LogP contribution < -0.4 is 0 Å². The zero-order chi connectivity index (χ0) is 11.6. The van der Waals surface area contributed by atoms with Crippen LogP contribution >= 0.6 is 0 Å². The highest BCUT2D eigenvalue weighted by Gasteiger charge is 2.33. The topological polar surface area (TPSA) is 12.5 Å². The Balaban J connectivity index is 1.92. The van der Waals surface area contributed by atoms with Gasteiger partial charge in [-0.3, -0.25) is 0 Å². The van der Waals surface area contributed by atoms with Gasteiger partial charge in [-0.25, -0.2) is 0 Å². The van der Waals surface area contributed by atoms with Crippen LogP contribution in [0.3, 0.4) is 0 Å². The van der Waals surface area contributed by atoms with Crippen molar-refractivity contribution in [2.45, 2.75) is 27.2 Å². The number of hydrogen-bond donors (Lipinski definition) is 0. The van der Waals surface area contributed by atoms with Crippen LogP contribution in [0.25, 0.3) is 0 Å². The van der Waals surface area contributed by atoms with Gasteiger partial charge in [-0.15, -0.1) is 0 Å². The number of hydrogen-bond acceptors (Lipinski definition) is 2. The van der Waals surface area contributed by atoms with Gasteiger partial charge in [0.2, 0.25) is 0 Å². The summed E-state index contributed by atoms with van der Waals surface area (Å²) < 4.78 is 5.34. The van der Waals surface area contributed by atoms with Gasteiger partial charge in [0.05, 0.1) is 13.2 Å². The molecule has 1 heterocycles. The van der Waals surface area contributed by atoms with E-state index in [9.17, 15) is 0 Å². The Bertz CT molecular complexity index is 298. The Morgan fingerprint density at radius 1 is 1.38 bits per heavy atom. The first-order valence-corrected chi connectivity index (χ1v) is 6.28. The third kappa shape index (κ3) is 2.32. The Morgan fingerprint density at radius 3 is 2.62 bits per heavy atom. The first kappa shape index (κ1) is 11.7. The lowest BCUT2D eigenvalue weighted by molar-refractivity contribution is 0.0590. The summed E-state index contributed by atoms with van der Waals surface area (Å²) in [7, 11) is 0. The molecule has 0 spiro atoms. The van der Waals surface area contributed by atoms with Gasteiger partial charge >= 0.3 is 0 Å². The highest BCUT2D eigenvalue weighted by atomic mass is 16.5. The molecule has 1 saturated heterocycles. The van der Waals surface area contributed by atoms with E-state index in [2.05, 4.69) is 44.0 Å². The first-order valence-electron chi connectivity index (χ1n) is 6.28. The van der Waals surface area contributed by atoms with E-state index < -0.39 is 0 Å². The molecule has 1 aliphatic heterocycles. The van der Waals surface area contributed by atoms with E-state index in [0.717, 1.165) is 26.3 Å². The average Bonchev–Trinajstić information content (AvgIpc) is 2.53. The zero-order valence-corrected chi connectivity index (χ0v) is 10.7. The molecular weight excluding hydrogens is 198 g/mol. The molecule has 2 rings (SSSR count). The molecule has 0 N–H and O–H groups in total. The van der Waals surface area contributed by atoms with Crippen LogP contribution in [0.1, 0.15) is 27.2 Å². The molecule has 1 fully saturated rings. The molecule has 2 heteroatoms. The van der Waals surface area contributed by atoms with Crippen molar-refractivity contribution in [2.24, 2.45) is 11.3 Å². The molecule has 90 valence electrons. The summed E-state index contributed by atoms with van der Waals surface area (Å²) in [5.41, 5.74) is 1.87. The molecule has 0 radical (unpaired) electrons. The van der Waals surface area contributed by atoms with Crippen LogP contribution in [-0.4, -0.2) is 31.2 Å². The minimum atomic E-state index is 0.336. The first-order chi connectivity index (χ1) is 7.60. The van der Waals surface area contributed by atoms with Crippen molar-refractivity contribution in [2.75, 3.05) is 26.3 Å². The molecule has 16 heavy (non-hydrogen) atoms. The molecule has 2 aliphatic rings. The fourth-order valence-corrected chi connectivity index (χ4v) is 2.43. The van der Waals surface area contributed by atoms with Crippen molar-refractivity contribution < 1.29 is 4.74 Å². The van der Waals surface area contributed by atoms with E-state index in [1.807, 2.05) is 0 Å². The van der Waals surface area contributed by atoms with Crippen molar-refractivity contribution in [3.05, 3.63) is 23.9 Å². The van der Waals surface area contributed by atoms with E-state index in [4.69, 9.17) is 4.74 Å². The number of ether oxygens (including phenoxy) is 1. The number of nitrogens with zero attached hydrogens (tertiary/aromatic N) is 1. The maximum absolute atomic E-state index is 5.34. The normalized spacial score (nSPS) is 29.8. The smallest absolute Gasteiger partial charge is 0.0642 e. The predicted octanol–water partition coefficient (Wildman–Crippen LogP) is 2.82. The van der Waals surface area contributed by atoms with Gasteiger partial charge in [0, 0.05) is 13.1 Å². The molecule has 1 unspecified atom stereocenters. The van der Waals surface area contributed by atoms with Crippen molar-refractivity contribution in [1.82, 2.24) is 4.90 Å². The fraction of sp³-hybridized carbons (Fsp3) is 0.714. The molecule has 2 nitrogen and oxygen atoms in total. The predicted molar refractivity (Wildman–Crippen MR) is 67.2 cm³/mol. The van der Waals surface area contributed by atoms with Crippen LogP contribution in [0, 0.1) is 11.3 Å². The highest BCUT2D eigenvalue weighted by Crippen LogP contribution is 2.43. The van der Waals surface area contributed by atoms with Crippen LogP contribution in [0.5, 0.6) is 0 Å². The van der Waals surface area contributed by atoms with Crippen molar-refractivity contribution in [3.8, 4) is 0 Å². The lowest BCUT2D eigenvalue weighted by atomic mass is 9.78. The second kappa shape index (κ2) is 4.62. The summed E-state index contributed by atoms with van der Waals surface area (Å²) in [6.07, 6.45) is 8.24. The van der Waals surface area contributed by atoms with Crippen LogP contribution in [-0.2, 0) is 4.74 Å². The molecule has 0 aromatic carbocycles. The summed E-state index contributed by atoms with van der Waals surface area (Å²) in [5, 5.41) is 0. The van der Waals surface area contributed by atoms with Gasteiger partial charge in [0.15, 0.2) is 0 Å². The van der Waals surface area contributed by atoms with Gasteiger partial charge in [-0.2, -0.15) is 0 Å². The van der Waals surface area contributed by atoms with E-state index in [-0.39, 0.29) is 0 Å². The van der Waals surface area contributed by atoms with Gasteiger partial charge in [-0.05, 0) is 30.9 Å². The SMILES string of the molecule is CC1=CCC(/C=C/N2CCOCC2)C1(C)C. The number of allylic oxidation sites excluding steroid dienone is 3. The second-order valence-corrected chi connectivity index (χ2v) is 5.44. The van der Waals surface area contributed by atoms with Crippen molar-refractivity contribution in [3.63, 3.8) is 0 Å². The molecule has 0 saturated carbocycles. The molecule has 1 atom stereocenters. The molecule has 0 aromatic heterocycles. The standard InChI is InChI=1S/C14H23NO/c1-12-4-5-13(14(12,2)3)6-7-15-8-10-16-11-9-15/h4,6-7,13H,5,8-11H2,1-3H3/b7-6+.